The van der Waals surface area contributed by atoms with Gasteiger partial charge in [-0.15, -0.1) is 6.58 Å². The van der Waals surface area contributed by atoms with Crippen molar-refractivity contribution in [1.82, 2.24) is 9.97 Å². The molecular formula is C13H17N3O. The first-order valence-electron chi connectivity index (χ1n) is 5.31. The zero-order valence-corrected chi connectivity index (χ0v) is 10.4. The first kappa shape index (κ1) is 13.0. The predicted molar refractivity (Wildman–Crippen MR) is 71.5 cm³/mol. The van der Waals surface area contributed by atoms with Crippen LogP contribution in [0.15, 0.2) is 37.2 Å². The zero-order chi connectivity index (χ0) is 12.7. The Morgan fingerprint density at radius 2 is 1.94 bits per heavy atom. The molecule has 0 aliphatic heterocycles. The Labute approximate surface area is 101 Å². The van der Waals surface area contributed by atoms with Crippen LogP contribution in [0.25, 0.3) is 10.9 Å². The predicted octanol–water partition coefficient (Wildman–Crippen LogP) is 2.87. The molecule has 0 aliphatic carbocycles. The van der Waals surface area contributed by atoms with Gasteiger partial charge >= 0.3 is 0 Å². The number of aromatic nitrogens is 2. The summed E-state index contributed by atoms with van der Waals surface area (Å²) in [6.45, 7) is 5.25. The second-order valence-corrected chi connectivity index (χ2v) is 3.23. The van der Waals surface area contributed by atoms with Crippen molar-refractivity contribution in [3.8, 4) is 5.88 Å². The Balaban J connectivity index is 0.000000437. The number of hydrogen-bond acceptors (Lipinski definition) is 4. The molecule has 4 nitrogen and oxygen atoms in total. The molecule has 0 atom stereocenters. The van der Waals surface area contributed by atoms with Crippen LogP contribution in [0.5, 0.6) is 5.88 Å². The minimum absolute atomic E-state index is 0.555. The van der Waals surface area contributed by atoms with E-state index in [9.17, 15) is 0 Å². The van der Waals surface area contributed by atoms with Gasteiger partial charge in [0.1, 0.15) is 5.52 Å². The van der Waals surface area contributed by atoms with Crippen molar-refractivity contribution in [1.29, 1.82) is 0 Å². The number of fused-ring (bicyclic) bond motifs is 1. The topological polar surface area (TPSA) is 47.0 Å². The summed E-state index contributed by atoms with van der Waals surface area (Å²) >= 11 is 0. The molecule has 4 heteroatoms. The number of methoxy groups -OCH3 is 1. The summed E-state index contributed by atoms with van der Waals surface area (Å²) < 4.78 is 5.13. The molecule has 0 saturated heterocycles. The van der Waals surface area contributed by atoms with Crippen LogP contribution in [-0.4, -0.2) is 24.1 Å². The lowest BCUT2D eigenvalue weighted by Gasteiger charge is -2.06. The second kappa shape index (κ2) is 6.48. The van der Waals surface area contributed by atoms with Gasteiger partial charge in [0.05, 0.1) is 7.11 Å². The van der Waals surface area contributed by atoms with Crippen LogP contribution in [0.1, 0.15) is 6.92 Å². The largest absolute Gasteiger partial charge is 0.479 e. The highest BCUT2D eigenvalue weighted by molar-refractivity contribution is 5.93. The molecule has 17 heavy (non-hydrogen) atoms. The van der Waals surface area contributed by atoms with Gasteiger partial charge in [-0.3, -0.25) is 4.98 Å². The van der Waals surface area contributed by atoms with Crippen molar-refractivity contribution in [3.63, 3.8) is 0 Å². The molecule has 0 radical (unpaired) electrons. The highest BCUT2D eigenvalue weighted by Crippen LogP contribution is 2.25. The first-order valence-corrected chi connectivity index (χ1v) is 5.31. The molecule has 2 aromatic heterocycles. The van der Waals surface area contributed by atoms with Crippen LogP contribution >= 0.6 is 0 Å². The van der Waals surface area contributed by atoms with E-state index in [1.165, 1.54) is 0 Å². The number of nitrogens with zero attached hydrogens (tertiary/aromatic N) is 2. The Morgan fingerprint density at radius 3 is 2.53 bits per heavy atom. The fraction of sp³-hybridized carbons (Fsp3) is 0.231. The van der Waals surface area contributed by atoms with E-state index in [0.29, 0.717) is 5.88 Å². The van der Waals surface area contributed by atoms with Crippen LogP contribution in [0.3, 0.4) is 0 Å². The number of pyridine rings is 2. The average Bonchev–Trinajstić information content (AvgIpc) is 2.38. The van der Waals surface area contributed by atoms with Crippen molar-refractivity contribution in [2.24, 2.45) is 0 Å². The molecular weight excluding hydrogens is 214 g/mol. The summed E-state index contributed by atoms with van der Waals surface area (Å²) in [5, 5.41) is 4.11. The van der Waals surface area contributed by atoms with E-state index in [1.54, 1.807) is 25.6 Å². The van der Waals surface area contributed by atoms with E-state index in [4.69, 9.17) is 4.74 Å². The van der Waals surface area contributed by atoms with Crippen LogP contribution in [0.2, 0.25) is 0 Å². The van der Waals surface area contributed by atoms with Gasteiger partial charge in [-0.1, -0.05) is 6.08 Å². The quantitative estimate of drug-likeness (QED) is 0.807. The fourth-order valence-electron chi connectivity index (χ4n) is 1.42. The molecule has 2 heterocycles. The number of allylic oxidation sites excluding steroid dienone is 1. The number of hydrogen-bond donors (Lipinski definition) is 1. The van der Waals surface area contributed by atoms with Gasteiger partial charge in [-0.2, -0.15) is 0 Å². The third kappa shape index (κ3) is 2.93. The molecule has 2 rings (SSSR count). The summed E-state index contributed by atoms with van der Waals surface area (Å²) in [4.78, 5) is 8.32. The van der Waals surface area contributed by atoms with Crippen LogP contribution < -0.4 is 10.1 Å². The van der Waals surface area contributed by atoms with E-state index in [-0.39, 0.29) is 0 Å². The van der Waals surface area contributed by atoms with Crippen molar-refractivity contribution < 1.29 is 4.74 Å². The smallest absolute Gasteiger partial charge is 0.240 e. The molecule has 0 unspecified atom stereocenters. The van der Waals surface area contributed by atoms with Gasteiger partial charge < -0.3 is 10.1 Å². The van der Waals surface area contributed by atoms with Crippen molar-refractivity contribution in [2.75, 3.05) is 19.5 Å². The molecule has 0 fully saturated rings. The van der Waals surface area contributed by atoms with Crippen LogP contribution in [0.4, 0.5) is 5.69 Å². The molecule has 0 amide bonds. The lowest BCUT2D eigenvalue weighted by atomic mass is 10.2. The lowest BCUT2D eigenvalue weighted by Crippen LogP contribution is -1.94. The summed E-state index contributed by atoms with van der Waals surface area (Å²) in [5.74, 6) is 0.555. The summed E-state index contributed by atoms with van der Waals surface area (Å²) in [7, 11) is 3.47. The van der Waals surface area contributed by atoms with Gasteiger partial charge in [0.15, 0.2) is 0 Å². The minimum atomic E-state index is 0.555. The number of nitrogens with one attached hydrogen (secondary N) is 1. The highest BCUT2D eigenvalue weighted by Gasteiger charge is 2.05. The highest BCUT2D eigenvalue weighted by atomic mass is 16.5. The number of rotatable bonds is 2. The SMILES string of the molecule is C=CC.CNc1ccnc2c(OC)nccc12. The minimum Gasteiger partial charge on any atom is -0.479 e. The maximum absolute atomic E-state index is 5.13. The second-order valence-electron chi connectivity index (χ2n) is 3.23. The molecule has 90 valence electrons. The number of anilines is 1. The van der Waals surface area contributed by atoms with Gasteiger partial charge in [0.25, 0.3) is 0 Å². The first-order chi connectivity index (χ1) is 8.28. The average molecular weight is 231 g/mol. The van der Waals surface area contributed by atoms with Crippen LogP contribution in [-0.2, 0) is 0 Å². The van der Waals surface area contributed by atoms with E-state index in [0.717, 1.165) is 16.6 Å². The van der Waals surface area contributed by atoms with Crippen molar-refractivity contribution in [2.45, 2.75) is 6.92 Å². The Kier molecular flexibility index (Phi) is 4.94. The van der Waals surface area contributed by atoms with Crippen molar-refractivity contribution >= 4 is 16.6 Å². The third-order valence-electron chi connectivity index (χ3n) is 2.09. The molecule has 0 saturated carbocycles. The zero-order valence-electron chi connectivity index (χ0n) is 10.4. The molecule has 0 spiro atoms. The third-order valence-corrected chi connectivity index (χ3v) is 2.09. The molecule has 0 bridgehead atoms. The van der Waals surface area contributed by atoms with E-state index in [2.05, 4.69) is 21.9 Å². The van der Waals surface area contributed by atoms with E-state index >= 15 is 0 Å². The maximum atomic E-state index is 5.13. The van der Waals surface area contributed by atoms with Crippen LogP contribution in [0, 0.1) is 0 Å². The molecule has 1 N–H and O–H groups in total. The van der Waals surface area contributed by atoms with Gasteiger partial charge in [-0.25, -0.2) is 4.98 Å². The summed E-state index contributed by atoms with van der Waals surface area (Å²) in [6.07, 6.45) is 5.20. The molecule has 0 aliphatic rings. The summed E-state index contributed by atoms with van der Waals surface area (Å²) in [5.41, 5.74) is 1.80. The number of ether oxygens (including phenoxy) is 1. The van der Waals surface area contributed by atoms with Gasteiger partial charge in [-0.05, 0) is 19.1 Å². The van der Waals surface area contributed by atoms with Gasteiger partial charge in [0.2, 0.25) is 5.88 Å². The maximum Gasteiger partial charge on any atom is 0.240 e. The molecule has 2 aromatic rings. The van der Waals surface area contributed by atoms with Gasteiger partial charge in [0, 0.05) is 30.5 Å². The monoisotopic (exact) mass is 231 g/mol. The van der Waals surface area contributed by atoms with E-state index in [1.807, 2.05) is 26.1 Å². The van der Waals surface area contributed by atoms with E-state index < -0.39 is 0 Å². The lowest BCUT2D eigenvalue weighted by molar-refractivity contribution is 0.402. The summed E-state index contributed by atoms with van der Waals surface area (Å²) in [6, 6.07) is 3.83. The Bertz CT molecular complexity index is 454. The Morgan fingerprint density at radius 1 is 1.29 bits per heavy atom. The molecule has 0 aromatic carbocycles. The fourth-order valence-corrected chi connectivity index (χ4v) is 1.42. The van der Waals surface area contributed by atoms with Crippen molar-refractivity contribution in [3.05, 3.63) is 37.2 Å². The normalized spacial score (nSPS) is 9.12. The Hall–Kier alpha value is -2.10. The standard InChI is InChI=1S/C10H11N3O.C3H6/c1-11-8-4-6-12-9-7(8)3-5-13-10(9)14-2;1-3-2/h3-6H,1-2H3,(H,11,12);3H,1H2,2H3.